The SMILES string of the molecule is C=C(C(=O)N(c1ccccc1)S(=O)(=O)c1ccc(C)cc1)c1ccccc1. The molecule has 0 aliphatic carbocycles. The first-order chi connectivity index (χ1) is 12.9. The van der Waals surface area contributed by atoms with Gasteiger partial charge in [-0.2, -0.15) is 4.31 Å². The summed E-state index contributed by atoms with van der Waals surface area (Å²) in [5, 5.41) is 0. The minimum atomic E-state index is -4.10. The molecule has 0 N–H and O–H groups in total. The summed E-state index contributed by atoms with van der Waals surface area (Å²) in [5.41, 5.74) is 1.87. The highest BCUT2D eigenvalue weighted by Gasteiger charge is 2.32. The van der Waals surface area contributed by atoms with Crippen LogP contribution in [0.5, 0.6) is 0 Å². The summed E-state index contributed by atoms with van der Waals surface area (Å²) < 4.78 is 27.4. The molecule has 0 aliphatic heterocycles. The molecule has 0 unspecified atom stereocenters. The highest BCUT2D eigenvalue weighted by Crippen LogP contribution is 2.28. The number of amides is 1. The second-order valence-electron chi connectivity index (χ2n) is 6.07. The van der Waals surface area contributed by atoms with Crippen LogP contribution in [-0.4, -0.2) is 14.3 Å². The first-order valence-corrected chi connectivity index (χ1v) is 9.81. The fourth-order valence-corrected chi connectivity index (χ4v) is 4.05. The van der Waals surface area contributed by atoms with Gasteiger partial charge in [0.25, 0.3) is 15.9 Å². The topological polar surface area (TPSA) is 54.5 Å². The number of anilines is 1. The normalized spacial score (nSPS) is 11.0. The Labute approximate surface area is 159 Å². The number of carbonyl (C=O) groups excluding carboxylic acids is 1. The van der Waals surface area contributed by atoms with Crippen LogP contribution in [0.1, 0.15) is 11.1 Å². The molecular weight excluding hydrogens is 358 g/mol. The fraction of sp³-hybridized carbons (Fsp3) is 0.0455. The summed E-state index contributed by atoms with van der Waals surface area (Å²) in [7, 11) is -4.10. The molecule has 5 heteroatoms. The summed E-state index contributed by atoms with van der Waals surface area (Å²) >= 11 is 0. The van der Waals surface area contributed by atoms with Gasteiger partial charge in [0.05, 0.1) is 10.6 Å². The van der Waals surface area contributed by atoms with Gasteiger partial charge in [0, 0.05) is 5.57 Å². The van der Waals surface area contributed by atoms with Crippen molar-refractivity contribution in [3.8, 4) is 0 Å². The molecule has 0 aliphatic rings. The third-order valence-electron chi connectivity index (χ3n) is 4.11. The van der Waals surface area contributed by atoms with Gasteiger partial charge in [-0.3, -0.25) is 4.79 Å². The lowest BCUT2D eigenvalue weighted by Crippen LogP contribution is -2.37. The Morgan fingerprint density at radius 1 is 0.815 bits per heavy atom. The van der Waals surface area contributed by atoms with E-state index < -0.39 is 15.9 Å². The Bertz CT molecular complexity index is 1060. The van der Waals surface area contributed by atoms with Crippen LogP contribution >= 0.6 is 0 Å². The lowest BCUT2D eigenvalue weighted by atomic mass is 10.1. The van der Waals surface area contributed by atoms with Gasteiger partial charge in [0.2, 0.25) is 0 Å². The maximum atomic E-state index is 13.3. The first kappa shape index (κ1) is 18.6. The minimum absolute atomic E-state index is 0.0474. The monoisotopic (exact) mass is 377 g/mol. The number of nitrogens with zero attached hydrogens (tertiary/aromatic N) is 1. The molecule has 3 aromatic rings. The van der Waals surface area contributed by atoms with Crippen molar-refractivity contribution >= 4 is 27.2 Å². The van der Waals surface area contributed by atoms with E-state index in [2.05, 4.69) is 6.58 Å². The van der Waals surface area contributed by atoms with Gasteiger partial charge in [0.1, 0.15) is 0 Å². The molecule has 0 atom stereocenters. The summed E-state index contributed by atoms with van der Waals surface area (Å²) in [5.74, 6) is -0.687. The van der Waals surface area contributed by atoms with Crippen LogP contribution in [0, 0.1) is 6.92 Å². The molecule has 0 saturated heterocycles. The molecule has 0 saturated carbocycles. The summed E-state index contributed by atoms with van der Waals surface area (Å²) in [6, 6.07) is 23.5. The smallest absolute Gasteiger partial charge is 0.268 e. The molecule has 0 fully saturated rings. The van der Waals surface area contributed by atoms with Gasteiger partial charge in [-0.25, -0.2) is 8.42 Å². The molecular formula is C22H19NO3S. The van der Waals surface area contributed by atoms with Crippen LogP contribution in [0.4, 0.5) is 5.69 Å². The molecule has 0 spiro atoms. The van der Waals surface area contributed by atoms with E-state index in [-0.39, 0.29) is 16.2 Å². The van der Waals surface area contributed by atoms with Crippen LogP contribution in [0.3, 0.4) is 0 Å². The number of sulfonamides is 1. The zero-order chi connectivity index (χ0) is 19.4. The van der Waals surface area contributed by atoms with Crippen molar-refractivity contribution in [3.63, 3.8) is 0 Å². The quantitative estimate of drug-likeness (QED) is 0.618. The first-order valence-electron chi connectivity index (χ1n) is 8.37. The van der Waals surface area contributed by atoms with Gasteiger partial charge in [-0.05, 0) is 36.8 Å². The Balaban J connectivity index is 2.11. The third-order valence-corrected chi connectivity index (χ3v) is 5.84. The van der Waals surface area contributed by atoms with E-state index in [4.69, 9.17) is 0 Å². The molecule has 27 heavy (non-hydrogen) atoms. The van der Waals surface area contributed by atoms with Crippen LogP contribution in [0.15, 0.2) is 96.4 Å². The molecule has 0 radical (unpaired) electrons. The average Bonchev–Trinajstić information content (AvgIpc) is 2.69. The van der Waals surface area contributed by atoms with Gasteiger partial charge >= 0.3 is 0 Å². The van der Waals surface area contributed by atoms with E-state index >= 15 is 0 Å². The summed E-state index contributed by atoms with van der Waals surface area (Å²) in [4.78, 5) is 13.2. The van der Waals surface area contributed by atoms with Crippen LogP contribution in [0.25, 0.3) is 5.57 Å². The van der Waals surface area contributed by atoms with Crippen molar-refractivity contribution in [2.24, 2.45) is 0 Å². The fourth-order valence-electron chi connectivity index (χ4n) is 2.63. The molecule has 3 aromatic carbocycles. The predicted octanol–water partition coefficient (Wildman–Crippen LogP) is 4.43. The van der Waals surface area contributed by atoms with Crippen molar-refractivity contribution in [2.75, 3.05) is 4.31 Å². The number of para-hydroxylation sites is 1. The van der Waals surface area contributed by atoms with E-state index in [1.54, 1.807) is 66.7 Å². The summed E-state index contributed by atoms with van der Waals surface area (Å²) in [6.45, 7) is 5.71. The van der Waals surface area contributed by atoms with E-state index in [9.17, 15) is 13.2 Å². The third kappa shape index (κ3) is 3.83. The highest BCUT2D eigenvalue weighted by atomic mass is 32.2. The number of hydrogen-bond acceptors (Lipinski definition) is 3. The zero-order valence-corrected chi connectivity index (χ0v) is 15.7. The predicted molar refractivity (Wildman–Crippen MR) is 108 cm³/mol. The Kier molecular flexibility index (Phi) is 5.23. The van der Waals surface area contributed by atoms with Crippen molar-refractivity contribution in [2.45, 2.75) is 11.8 Å². The largest absolute Gasteiger partial charge is 0.272 e. The standard InChI is InChI=1S/C22H19NO3S/c1-17-13-15-21(16-14-17)27(25,26)23(20-11-7-4-8-12-20)22(24)18(2)19-9-5-3-6-10-19/h3-16H,2H2,1H3. The van der Waals surface area contributed by atoms with Crippen LogP contribution in [-0.2, 0) is 14.8 Å². The Morgan fingerprint density at radius 3 is 1.89 bits per heavy atom. The molecule has 0 heterocycles. The Morgan fingerprint density at radius 2 is 1.33 bits per heavy atom. The van der Waals surface area contributed by atoms with Gasteiger partial charge in [-0.15, -0.1) is 0 Å². The molecule has 0 bridgehead atoms. The van der Waals surface area contributed by atoms with E-state index in [0.29, 0.717) is 5.56 Å². The lowest BCUT2D eigenvalue weighted by Gasteiger charge is -2.23. The number of hydrogen-bond donors (Lipinski definition) is 0. The maximum absolute atomic E-state index is 13.3. The van der Waals surface area contributed by atoms with Gasteiger partial charge in [-0.1, -0.05) is 72.8 Å². The van der Waals surface area contributed by atoms with Crippen LogP contribution < -0.4 is 4.31 Å². The molecule has 1 amide bonds. The van der Waals surface area contributed by atoms with Crippen molar-refractivity contribution < 1.29 is 13.2 Å². The van der Waals surface area contributed by atoms with E-state index in [1.807, 2.05) is 13.0 Å². The number of carbonyl (C=O) groups is 1. The molecule has 3 rings (SSSR count). The Hall–Kier alpha value is -3.18. The lowest BCUT2D eigenvalue weighted by molar-refractivity contribution is -0.112. The van der Waals surface area contributed by atoms with Crippen molar-refractivity contribution in [3.05, 3.63) is 103 Å². The van der Waals surface area contributed by atoms with E-state index in [0.717, 1.165) is 9.87 Å². The van der Waals surface area contributed by atoms with Gasteiger partial charge in [0.15, 0.2) is 0 Å². The molecule has 136 valence electrons. The van der Waals surface area contributed by atoms with Crippen molar-refractivity contribution in [1.29, 1.82) is 0 Å². The minimum Gasteiger partial charge on any atom is -0.268 e. The van der Waals surface area contributed by atoms with Crippen LogP contribution in [0.2, 0.25) is 0 Å². The second kappa shape index (κ2) is 7.60. The zero-order valence-electron chi connectivity index (χ0n) is 14.9. The van der Waals surface area contributed by atoms with Gasteiger partial charge < -0.3 is 0 Å². The van der Waals surface area contributed by atoms with Crippen molar-refractivity contribution in [1.82, 2.24) is 0 Å². The number of benzene rings is 3. The average molecular weight is 377 g/mol. The second-order valence-corrected chi connectivity index (χ2v) is 7.85. The maximum Gasteiger partial charge on any atom is 0.272 e. The molecule has 4 nitrogen and oxygen atoms in total. The summed E-state index contributed by atoms with van der Waals surface area (Å²) in [6.07, 6.45) is 0. The number of aryl methyl sites for hydroxylation is 1. The van der Waals surface area contributed by atoms with E-state index in [1.165, 1.54) is 12.1 Å². The molecule has 0 aromatic heterocycles. The number of rotatable bonds is 5. The highest BCUT2D eigenvalue weighted by molar-refractivity contribution is 7.93.